The van der Waals surface area contributed by atoms with Gasteiger partial charge < -0.3 is 0 Å². The molecule has 0 radical (unpaired) electrons. The van der Waals surface area contributed by atoms with Gasteiger partial charge in [-0.1, -0.05) is 65.7 Å². The molecule has 0 N–H and O–H groups in total. The maximum atomic E-state index is 13.5. The van der Waals surface area contributed by atoms with Crippen molar-refractivity contribution < 1.29 is 14.4 Å². The van der Waals surface area contributed by atoms with E-state index in [0.29, 0.717) is 10.7 Å². The highest BCUT2D eigenvalue weighted by Gasteiger charge is 2.60. The minimum Gasteiger partial charge on any atom is -0.273 e. The van der Waals surface area contributed by atoms with E-state index in [-0.39, 0.29) is 11.8 Å². The van der Waals surface area contributed by atoms with Crippen LogP contribution in [0.15, 0.2) is 78.9 Å². The highest BCUT2D eigenvalue weighted by molar-refractivity contribution is 6.31. The lowest BCUT2D eigenvalue weighted by atomic mass is 9.90. The fraction of sp³-hybridized carbons (Fsp3) is 0.167. The second-order valence-electron chi connectivity index (χ2n) is 7.56. The van der Waals surface area contributed by atoms with E-state index in [1.54, 1.807) is 29.3 Å². The standard InChI is InChI=1S/C24H19ClN2O3/c1-15-10-12-16(13-11-15)21-20-22(30-27(21)18-7-3-2-4-8-18)24(29)26(23(20)28)19-9-5-6-17(25)14-19/h2-14,20-22H,1H3/t20-,21-,22-/m0/s1. The molecule has 6 heteroatoms. The van der Waals surface area contributed by atoms with Gasteiger partial charge >= 0.3 is 0 Å². The van der Waals surface area contributed by atoms with Gasteiger partial charge in [0.05, 0.1) is 17.4 Å². The van der Waals surface area contributed by atoms with E-state index >= 15 is 0 Å². The molecular formula is C24H19ClN2O3. The van der Waals surface area contributed by atoms with Gasteiger partial charge in [0.2, 0.25) is 5.91 Å². The average Bonchev–Trinajstić information content (AvgIpc) is 3.26. The number of anilines is 2. The minimum absolute atomic E-state index is 0.281. The fourth-order valence-corrected chi connectivity index (χ4v) is 4.37. The molecule has 3 aromatic rings. The lowest BCUT2D eigenvalue weighted by Gasteiger charge is -2.28. The maximum Gasteiger partial charge on any atom is 0.266 e. The van der Waals surface area contributed by atoms with Crippen LogP contribution < -0.4 is 9.96 Å². The summed E-state index contributed by atoms with van der Waals surface area (Å²) in [6, 6.07) is 23.9. The fourth-order valence-electron chi connectivity index (χ4n) is 4.19. The summed E-state index contributed by atoms with van der Waals surface area (Å²) in [5.74, 6) is -1.31. The van der Waals surface area contributed by atoms with Crippen molar-refractivity contribution in [1.29, 1.82) is 0 Å². The molecule has 2 heterocycles. The Morgan fingerprint density at radius 2 is 1.53 bits per heavy atom. The first kappa shape index (κ1) is 18.9. The Kier molecular flexibility index (Phi) is 4.57. The Morgan fingerprint density at radius 3 is 2.23 bits per heavy atom. The SMILES string of the molecule is Cc1ccc([C@H]2[C@@H]3C(=O)N(c4cccc(Cl)c4)C(=O)[C@H]3ON2c2ccccc2)cc1. The summed E-state index contributed by atoms with van der Waals surface area (Å²) in [4.78, 5) is 34.0. The highest BCUT2D eigenvalue weighted by atomic mass is 35.5. The van der Waals surface area contributed by atoms with E-state index < -0.39 is 18.1 Å². The predicted octanol–water partition coefficient (Wildman–Crippen LogP) is 4.70. The topological polar surface area (TPSA) is 49.9 Å². The number of rotatable bonds is 3. The van der Waals surface area contributed by atoms with Gasteiger partial charge in [-0.05, 0) is 42.8 Å². The highest BCUT2D eigenvalue weighted by Crippen LogP contribution is 2.47. The molecule has 3 atom stereocenters. The van der Waals surface area contributed by atoms with Crippen LogP contribution in [0.1, 0.15) is 17.2 Å². The van der Waals surface area contributed by atoms with E-state index in [1.807, 2.05) is 61.5 Å². The van der Waals surface area contributed by atoms with E-state index in [9.17, 15) is 9.59 Å². The van der Waals surface area contributed by atoms with Crippen LogP contribution in [0, 0.1) is 12.8 Å². The normalized spacial score (nSPS) is 23.2. The van der Waals surface area contributed by atoms with Crippen LogP contribution in [0.2, 0.25) is 5.02 Å². The van der Waals surface area contributed by atoms with Gasteiger partial charge in [0, 0.05) is 5.02 Å². The number of halogens is 1. The Morgan fingerprint density at radius 1 is 0.833 bits per heavy atom. The first-order valence-electron chi connectivity index (χ1n) is 9.75. The third kappa shape index (κ3) is 2.98. The average molecular weight is 419 g/mol. The zero-order valence-electron chi connectivity index (χ0n) is 16.2. The van der Waals surface area contributed by atoms with Crippen LogP contribution in [0.25, 0.3) is 0 Å². The lowest BCUT2D eigenvalue weighted by molar-refractivity contribution is -0.126. The van der Waals surface area contributed by atoms with Gasteiger partial charge in [-0.15, -0.1) is 0 Å². The second-order valence-corrected chi connectivity index (χ2v) is 8.00. The van der Waals surface area contributed by atoms with Gasteiger partial charge in [0.25, 0.3) is 5.91 Å². The summed E-state index contributed by atoms with van der Waals surface area (Å²) in [5.41, 5.74) is 3.30. The number of imide groups is 1. The van der Waals surface area contributed by atoms with Crippen molar-refractivity contribution >= 4 is 34.8 Å². The maximum absolute atomic E-state index is 13.5. The van der Waals surface area contributed by atoms with E-state index in [1.165, 1.54) is 4.90 Å². The quantitative estimate of drug-likeness (QED) is 0.578. The molecule has 0 bridgehead atoms. The number of hydroxylamine groups is 1. The zero-order chi connectivity index (χ0) is 20.8. The van der Waals surface area contributed by atoms with Crippen molar-refractivity contribution in [2.75, 3.05) is 9.96 Å². The first-order chi connectivity index (χ1) is 14.5. The Labute approximate surface area is 179 Å². The van der Waals surface area contributed by atoms with Crippen LogP contribution in [0.3, 0.4) is 0 Å². The monoisotopic (exact) mass is 418 g/mol. The number of nitrogens with zero attached hydrogens (tertiary/aromatic N) is 2. The van der Waals surface area contributed by atoms with Crippen molar-refractivity contribution in [2.24, 2.45) is 5.92 Å². The van der Waals surface area contributed by atoms with E-state index in [2.05, 4.69) is 0 Å². The van der Waals surface area contributed by atoms with Crippen molar-refractivity contribution in [2.45, 2.75) is 19.1 Å². The van der Waals surface area contributed by atoms with Crippen molar-refractivity contribution in [3.63, 3.8) is 0 Å². The Hall–Kier alpha value is -3.15. The second kappa shape index (κ2) is 7.27. The molecule has 0 aromatic heterocycles. The van der Waals surface area contributed by atoms with Crippen LogP contribution >= 0.6 is 11.6 Å². The molecule has 5 nitrogen and oxygen atoms in total. The molecule has 0 saturated carbocycles. The molecule has 5 rings (SSSR count). The molecule has 0 unspecified atom stereocenters. The Balaban J connectivity index is 1.59. The molecule has 0 spiro atoms. The molecule has 2 amide bonds. The smallest absolute Gasteiger partial charge is 0.266 e. The number of amides is 2. The van der Waals surface area contributed by atoms with Gasteiger partial charge in [-0.3, -0.25) is 14.4 Å². The van der Waals surface area contributed by atoms with Crippen LogP contribution in [0.4, 0.5) is 11.4 Å². The molecule has 150 valence electrons. The van der Waals surface area contributed by atoms with Gasteiger partial charge in [-0.2, -0.15) is 0 Å². The summed E-state index contributed by atoms with van der Waals surface area (Å²) in [6.45, 7) is 2.01. The third-order valence-electron chi connectivity index (χ3n) is 5.61. The molecule has 2 aliphatic rings. The number of carbonyl (C=O) groups is 2. The number of aryl methyl sites for hydroxylation is 1. The lowest BCUT2D eigenvalue weighted by Crippen LogP contribution is -2.37. The number of hydrogen-bond donors (Lipinski definition) is 0. The summed E-state index contributed by atoms with van der Waals surface area (Å²) >= 11 is 6.09. The van der Waals surface area contributed by atoms with Crippen molar-refractivity contribution in [3.8, 4) is 0 Å². The zero-order valence-corrected chi connectivity index (χ0v) is 17.0. The molecule has 0 aliphatic carbocycles. The first-order valence-corrected chi connectivity index (χ1v) is 10.1. The summed E-state index contributed by atoms with van der Waals surface area (Å²) in [7, 11) is 0. The van der Waals surface area contributed by atoms with Crippen molar-refractivity contribution in [3.05, 3.63) is 95.0 Å². The molecular weight excluding hydrogens is 400 g/mol. The summed E-state index contributed by atoms with van der Waals surface area (Å²) < 4.78 is 0. The summed E-state index contributed by atoms with van der Waals surface area (Å²) in [5, 5.41) is 2.16. The molecule has 2 saturated heterocycles. The van der Waals surface area contributed by atoms with Crippen LogP contribution in [0.5, 0.6) is 0 Å². The number of carbonyl (C=O) groups excluding carboxylic acids is 2. The van der Waals surface area contributed by atoms with Gasteiger partial charge in [0.1, 0.15) is 5.92 Å². The van der Waals surface area contributed by atoms with Crippen LogP contribution in [-0.2, 0) is 14.4 Å². The molecule has 2 fully saturated rings. The van der Waals surface area contributed by atoms with Crippen molar-refractivity contribution in [1.82, 2.24) is 0 Å². The van der Waals surface area contributed by atoms with Gasteiger partial charge in [0.15, 0.2) is 6.10 Å². The third-order valence-corrected chi connectivity index (χ3v) is 5.85. The number of hydrogen-bond acceptors (Lipinski definition) is 4. The number of para-hydroxylation sites is 1. The van der Waals surface area contributed by atoms with E-state index in [0.717, 1.165) is 16.8 Å². The number of fused-ring (bicyclic) bond motifs is 1. The van der Waals surface area contributed by atoms with E-state index in [4.69, 9.17) is 16.4 Å². The van der Waals surface area contributed by atoms with Crippen LogP contribution in [-0.4, -0.2) is 17.9 Å². The largest absolute Gasteiger partial charge is 0.273 e. The van der Waals surface area contributed by atoms with Gasteiger partial charge in [-0.25, -0.2) is 9.96 Å². The molecule has 30 heavy (non-hydrogen) atoms. The summed E-state index contributed by atoms with van der Waals surface area (Å²) in [6.07, 6.45) is -0.886. The Bertz CT molecular complexity index is 1120. The molecule has 3 aromatic carbocycles. The predicted molar refractivity (Wildman–Crippen MR) is 115 cm³/mol. The minimum atomic E-state index is -0.886. The number of benzene rings is 3. The molecule has 2 aliphatic heterocycles.